The third-order valence-corrected chi connectivity index (χ3v) is 5.93. The molecule has 0 aromatic heterocycles. The van der Waals surface area contributed by atoms with Crippen LogP contribution in [0, 0.1) is 0 Å². The summed E-state index contributed by atoms with van der Waals surface area (Å²) in [6.07, 6.45) is 1.82. The van der Waals surface area contributed by atoms with Crippen molar-refractivity contribution in [1.29, 1.82) is 0 Å². The average Bonchev–Trinajstić information content (AvgIpc) is 2.68. The number of nitrogens with zero attached hydrogens (tertiary/aromatic N) is 1. The first-order valence-electron chi connectivity index (χ1n) is 9.33. The lowest BCUT2D eigenvalue weighted by molar-refractivity contribution is -0.119. The molecule has 2 aromatic rings. The van der Waals surface area contributed by atoms with E-state index in [-0.39, 0.29) is 11.9 Å². The zero-order valence-corrected chi connectivity index (χ0v) is 17.9. The van der Waals surface area contributed by atoms with Crippen LogP contribution in [0.4, 0.5) is 5.69 Å². The normalized spacial score (nSPS) is 13.6. The van der Waals surface area contributed by atoms with Crippen molar-refractivity contribution in [2.75, 3.05) is 18.6 Å². The fourth-order valence-electron chi connectivity index (χ4n) is 2.75. The van der Waals surface area contributed by atoms with Crippen LogP contribution < -0.4 is 10.6 Å². The van der Waals surface area contributed by atoms with Crippen LogP contribution in [0.3, 0.4) is 0 Å². The molecule has 2 amide bonds. The Morgan fingerprint density at radius 2 is 1.62 bits per heavy atom. The number of anilines is 1. The minimum atomic E-state index is -3.64. The molecule has 0 radical (unpaired) electrons. The van der Waals surface area contributed by atoms with Crippen LogP contribution in [0.5, 0.6) is 0 Å². The summed E-state index contributed by atoms with van der Waals surface area (Å²) in [5.41, 5.74) is 1.16. The lowest BCUT2D eigenvalue weighted by atomic mass is 10.1. The summed E-state index contributed by atoms with van der Waals surface area (Å²) < 4.78 is 25.2. The second-order valence-corrected chi connectivity index (χ2v) is 8.95. The zero-order valence-electron chi connectivity index (χ0n) is 17.0. The van der Waals surface area contributed by atoms with E-state index in [0.717, 1.165) is 17.0 Å². The van der Waals surface area contributed by atoms with Gasteiger partial charge in [0.2, 0.25) is 15.9 Å². The minimum absolute atomic E-state index is 0.0142. The highest BCUT2D eigenvalue weighted by atomic mass is 32.2. The van der Waals surface area contributed by atoms with Crippen LogP contribution in [0.25, 0.3) is 0 Å². The maximum absolute atomic E-state index is 13.1. The number of para-hydroxylation sites is 1. The molecule has 8 heteroatoms. The van der Waals surface area contributed by atoms with Gasteiger partial charge < -0.3 is 10.6 Å². The van der Waals surface area contributed by atoms with E-state index >= 15 is 0 Å². The minimum Gasteiger partial charge on any atom is -0.350 e. The third kappa shape index (κ3) is 5.88. The zero-order chi connectivity index (χ0) is 21.6. The van der Waals surface area contributed by atoms with Crippen LogP contribution in [-0.2, 0) is 14.8 Å². The molecule has 2 N–H and O–H groups in total. The first-order chi connectivity index (χ1) is 13.6. The number of rotatable bonds is 8. The summed E-state index contributed by atoms with van der Waals surface area (Å²) in [6, 6.07) is 14.2. The van der Waals surface area contributed by atoms with E-state index in [9.17, 15) is 18.0 Å². The van der Waals surface area contributed by atoms with Crippen molar-refractivity contribution in [2.45, 2.75) is 32.4 Å². The number of carbonyl (C=O) groups is 2. The monoisotopic (exact) mass is 417 g/mol. The molecule has 0 saturated heterocycles. The number of amides is 2. The van der Waals surface area contributed by atoms with Gasteiger partial charge in [-0.2, -0.15) is 4.31 Å². The molecule has 0 aliphatic rings. The number of sulfonamides is 1. The van der Waals surface area contributed by atoms with E-state index in [1.165, 1.54) is 7.05 Å². The summed E-state index contributed by atoms with van der Waals surface area (Å²) in [5, 5.41) is 5.60. The molecule has 0 bridgehead atoms. The topological polar surface area (TPSA) is 95.6 Å². The molecular weight excluding hydrogens is 390 g/mol. The Labute approximate surface area is 172 Å². The van der Waals surface area contributed by atoms with Crippen molar-refractivity contribution in [3.05, 3.63) is 65.7 Å². The van der Waals surface area contributed by atoms with Crippen molar-refractivity contribution in [1.82, 2.24) is 9.62 Å². The Balaban J connectivity index is 2.37. The second kappa shape index (κ2) is 9.67. The Morgan fingerprint density at radius 1 is 1.03 bits per heavy atom. The van der Waals surface area contributed by atoms with Crippen molar-refractivity contribution in [2.24, 2.45) is 0 Å². The quantitative estimate of drug-likeness (QED) is 0.690. The number of likely N-dealkylation sites (N-methyl/N-ethyl adjacent to an activating group) is 1. The van der Waals surface area contributed by atoms with Gasteiger partial charge in [0.05, 0.1) is 17.5 Å². The number of carbonyl (C=O) groups excluding carboxylic acids is 2. The van der Waals surface area contributed by atoms with Gasteiger partial charge in [0.1, 0.15) is 6.04 Å². The van der Waals surface area contributed by atoms with Gasteiger partial charge in [-0.3, -0.25) is 9.59 Å². The summed E-state index contributed by atoms with van der Waals surface area (Å²) in [6.45, 7) is 3.86. The summed E-state index contributed by atoms with van der Waals surface area (Å²) in [5.74, 6) is -0.851. The lowest BCUT2D eigenvalue weighted by Gasteiger charge is -2.26. The van der Waals surface area contributed by atoms with E-state index < -0.39 is 22.0 Å². The molecule has 0 aliphatic carbocycles. The van der Waals surface area contributed by atoms with Crippen LogP contribution in [0.1, 0.15) is 42.2 Å². The van der Waals surface area contributed by atoms with Crippen LogP contribution >= 0.6 is 0 Å². The number of benzene rings is 2. The maximum atomic E-state index is 13.1. The molecule has 0 unspecified atom stereocenters. The van der Waals surface area contributed by atoms with Crippen molar-refractivity contribution < 1.29 is 18.0 Å². The molecular formula is C21H27N3O4S. The Hall–Kier alpha value is -2.71. The molecule has 0 fully saturated rings. The van der Waals surface area contributed by atoms with Gasteiger partial charge in [-0.15, -0.1) is 0 Å². The molecule has 0 spiro atoms. The molecule has 0 heterocycles. The van der Waals surface area contributed by atoms with Crippen molar-refractivity contribution >= 4 is 27.5 Å². The average molecular weight is 418 g/mol. The largest absolute Gasteiger partial charge is 0.350 e. The summed E-state index contributed by atoms with van der Waals surface area (Å²) in [4.78, 5) is 25.7. The SMILES string of the molecule is CC[C@H](C)NC(=O)c1ccccc1NC(=O)[C@H](c1ccccc1)N(C)S(C)(=O)=O. The third-order valence-electron chi connectivity index (χ3n) is 4.67. The van der Waals surface area contributed by atoms with Crippen LogP contribution in [0.2, 0.25) is 0 Å². The fraction of sp³-hybridized carbons (Fsp3) is 0.333. The van der Waals surface area contributed by atoms with Gasteiger partial charge in [-0.05, 0) is 31.0 Å². The molecule has 0 saturated carbocycles. The predicted octanol–water partition coefficient (Wildman–Crippen LogP) is 2.79. The fourth-order valence-corrected chi connectivity index (χ4v) is 3.35. The molecule has 7 nitrogen and oxygen atoms in total. The van der Waals surface area contributed by atoms with E-state index in [1.807, 2.05) is 13.8 Å². The van der Waals surface area contributed by atoms with Gasteiger partial charge in [-0.1, -0.05) is 49.4 Å². The molecule has 2 aromatic carbocycles. The predicted molar refractivity (Wildman–Crippen MR) is 114 cm³/mol. The summed E-state index contributed by atoms with van der Waals surface area (Å²) >= 11 is 0. The first-order valence-corrected chi connectivity index (χ1v) is 11.2. The Bertz CT molecular complexity index is 961. The highest BCUT2D eigenvalue weighted by Gasteiger charge is 2.31. The van der Waals surface area contributed by atoms with Crippen LogP contribution in [-0.4, -0.2) is 43.9 Å². The second-order valence-electron chi connectivity index (χ2n) is 6.91. The molecule has 0 aliphatic heterocycles. The van der Waals surface area contributed by atoms with Crippen molar-refractivity contribution in [3.63, 3.8) is 0 Å². The van der Waals surface area contributed by atoms with Crippen molar-refractivity contribution in [3.8, 4) is 0 Å². The van der Waals surface area contributed by atoms with Gasteiger partial charge in [0.15, 0.2) is 0 Å². The van der Waals surface area contributed by atoms with Gasteiger partial charge in [0.25, 0.3) is 5.91 Å². The number of hydrogen-bond acceptors (Lipinski definition) is 4. The molecule has 2 atom stereocenters. The summed E-state index contributed by atoms with van der Waals surface area (Å²) in [7, 11) is -2.28. The van der Waals surface area contributed by atoms with E-state index in [2.05, 4.69) is 10.6 Å². The highest BCUT2D eigenvalue weighted by molar-refractivity contribution is 7.88. The van der Waals surface area contributed by atoms with Gasteiger partial charge >= 0.3 is 0 Å². The first kappa shape index (κ1) is 22.6. The molecule has 29 heavy (non-hydrogen) atoms. The maximum Gasteiger partial charge on any atom is 0.253 e. The molecule has 2 rings (SSSR count). The van der Waals surface area contributed by atoms with E-state index in [0.29, 0.717) is 16.8 Å². The van der Waals surface area contributed by atoms with Gasteiger partial charge in [0, 0.05) is 13.1 Å². The van der Waals surface area contributed by atoms with E-state index in [4.69, 9.17) is 0 Å². The number of nitrogens with one attached hydrogen (secondary N) is 2. The standard InChI is InChI=1S/C21H27N3O4S/c1-5-15(2)22-20(25)17-13-9-10-14-18(17)23-21(26)19(24(3)29(4,27)28)16-11-7-6-8-12-16/h6-15,19H,5H2,1-4H3,(H,22,25)(H,23,26)/t15-,19-/m0/s1. The van der Waals surface area contributed by atoms with E-state index in [1.54, 1.807) is 54.6 Å². The van der Waals surface area contributed by atoms with Gasteiger partial charge in [-0.25, -0.2) is 8.42 Å². The van der Waals surface area contributed by atoms with Crippen LogP contribution in [0.15, 0.2) is 54.6 Å². The Kier molecular flexibility index (Phi) is 7.53. The number of hydrogen-bond donors (Lipinski definition) is 2. The Morgan fingerprint density at radius 3 is 2.21 bits per heavy atom. The lowest BCUT2D eigenvalue weighted by Crippen LogP contribution is -2.38. The highest BCUT2D eigenvalue weighted by Crippen LogP contribution is 2.25. The smallest absolute Gasteiger partial charge is 0.253 e. The molecule has 156 valence electrons.